The van der Waals surface area contributed by atoms with Gasteiger partial charge in [0.25, 0.3) is 0 Å². The van der Waals surface area contributed by atoms with Crippen LogP contribution in [0.3, 0.4) is 0 Å². The summed E-state index contributed by atoms with van der Waals surface area (Å²) >= 11 is 12.5. The quantitative estimate of drug-likeness (QED) is 0.294. The van der Waals surface area contributed by atoms with E-state index in [2.05, 4.69) is 6.07 Å². The molecule has 1 heterocycles. The molecule has 5 aromatic rings. The molecule has 1 amide bonds. The van der Waals surface area contributed by atoms with Crippen molar-refractivity contribution in [3.05, 3.63) is 105 Å². The standard InChI is InChI=1S/C27H18Cl2FN2O/c1-15-4-2-5-17(26(15)30)14-32-23-7-3-6-21(27(31)33)25(23)20-10-8-16(12-24(20)32)19-11-9-18(28)13-22(19)29/h2-9,11-13H,14H2,1H3,(H2,31,33). The summed E-state index contributed by atoms with van der Waals surface area (Å²) in [6.07, 6.45) is 0. The van der Waals surface area contributed by atoms with Crippen molar-refractivity contribution in [1.82, 2.24) is 4.57 Å². The first-order chi connectivity index (χ1) is 15.8. The molecule has 5 rings (SSSR count). The topological polar surface area (TPSA) is 48.0 Å². The summed E-state index contributed by atoms with van der Waals surface area (Å²) in [5.74, 6) is -0.779. The zero-order valence-electron chi connectivity index (χ0n) is 17.6. The van der Waals surface area contributed by atoms with Gasteiger partial charge in [0.15, 0.2) is 0 Å². The highest BCUT2D eigenvalue weighted by atomic mass is 35.5. The number of carbonyl (C=O) groups excluding carboxylic acids is 1. The first-order valence-corrected chi connectivity index (χ1v) is 11.1. The summed E-state index contributed by atoms with van der Waals surface area (Å²) in [6, 6.07) is 23.1. The lowest BCUT2D eigenvalue weighted by Crippen LogP contribution is -2.11. The maximum Gasteiger partial charge on any atom is 0.249 e. The van der Waals surface area contributed by atoms with Crippen LogP contribution in [-0.4, -0.2) is 10.5 Å². The molecule has 1 aromatic heterocycles. The summed E-state index contributed by atoms with van der Waals surface area (Å²) in [5, 5.41) is 2.49. The lowest BCUT2D eigenvalue weighted by atomic mass is 10.0. The van der Waals surface area contributed by atoms with Gasteiger partial charge in [0.1, 0.15) is 5.82 Å². The molecule has 33 heavy (non-hydrogen) atoms. The fraction of sp³-hybridized carbons (Fsp3) is 0.0741. The second kappa shape index (κ2) is 8.22. The molecule has 0 bridgehead atoms. The van der Waals surface area contributed by atoms with Gasteiger partial charge in [-0.25, -0.2) is 4.39 Å². The molecule has 0 saturated carbocycles. The first-order valence-electron chi connectivity index (χ1n) is 10.3. The van der Waals surface area contributed by atoms with Crippen molar-refractivity contribution in [3.8, 4) is 11.1 Å². The van der Waals surface area contributed by atoms with Crippen LogP contribution in [0.5, 0.6) is 0 Å². The Morgan fingerprint density at radius 3 is 2.61 bits per heavy atom. The molecule has 0 saturated heterocycles. The highest BCUT2D eigenvalue weighted by molar-refractivity contribution is 6.36. The number of nitrogens with two attached hydrogens (primary N) is 1. The normalized spacial score (nSPS) is 11.4. The van der Waals surface area contributed by atoms with Crippen LogP contribution in [0.1, 0.15) is 21.5 Å². The molecule has 1 radical (unpaired) electrons. The number of carbonyl (C=O) groups is 1. The summed E-state index contributed by atoms with van der Waals surface area (Å²) in [7, 11) is 0. The third kappa shape index (κ3) is 3.65. The van der Waals surface area contributed by atoms with Gasteiger partial charge >= 0.3 is 0 Å². The van der Waals surface area contributed by atoms with E-state index in [0.29, 0.717) is 32.1 Å². The van der Waals surface area contributed by atoms with Gasteiger partial charge in [0.2, 0.25) is 5.91 Å². The van der Waals surface area contributed by atoms with E-state index in [-0.39, 0.29) is 12.4 Å². The Morgan fingerprint density at radius 2 is 1.85 bits per heavy atom. The van der Waals surface area contributed by atoms with Crippen molar-refractivity contribution < 1.29 is 9.18 Å². The van der Waals surface area contributed by atoms with E-state index in [1.165, 1.54) is 0 Å². The molecule has 0 aliphatic rings. The largest absolute Gasteiger partial charge is 0.366 e. The number of hydrogen-bond acceptors (Lipinski definition) is 1. The van der Waals surface area contributed by atoms with Crippen molar-refractivity contribution >= 4 is 50.9 Å². The molecule has 0 aliphatic heterocycles. The Balaban J connectivity index is 1.82. The van der Waals surface area contributed by atoms with Crippen LogP contribution < -0.4 is 5.73 Å². The van der Waals surface area contributed by atoms with E-state index in [9.17, 15) is 9.18 Å². The van der Waals surface area contributed by atoms with Gasteiger partial charge in [-0.2, -0.15) is 0 Å². The van der Waals surface area contributed by atoms with Gasteiger partial charge in [-0.1, -0.05) is 53.5 Å². The van der Waals surface area contributed by atoms with Crippen molar-refractivity contribution in [3.63, 3.8) is 0 Å². The van der Waals surface area contributed by atoms with E-state index in [1.54, 1.807) is 43.3 Å². The molecule has 6 heteroatoms. The summed E-state index contributed by atoms with van der Waals surface area (Å²) in [5.41, 5.74) is 10.4. The molecule has 0 fully saturated rings. The monoisotopic (exact) mass is 475 g/mol. The Bertz CT molecular complexity index is 1570. The minimum atomic E-state index is -0.528. The van der Waals surface area contributed by atoms with E-state index in [4.69, 9.17) is 28.9 Å². The Morgan fingerprint density at radius 1 is 1.06 bits per heavy atom. The molecule has 2 N–H and O–H groups in total. The van der Waals surface area contributed by atoms with Crippen LogP contribution in [0.2, 0.25) is 10.0 Å². The van der Waals surface area contributed by atoms with Crippen LogP contribution in [0.25, 0.3) is 32.9 Å². The summed E-state index contributed by atoms with van der Waals surface area (Å²) in [4.78, 5) is 12.2. The van der Waals surface area contributed by atoms with Crippen molar-refractivity contribution in [2.45, 2.75) is 13.5 Å². The third-order valence-electron chi connectivity index (χ3n) is 5.90. The number of primary amides is 1. The van der Waals surface area contributed by atoms with Gasteiger partial charge in [-0.3, -0.25) is 4.79 Å². The van der Waals surface area contributed by atoms with Gasteiger partial charge in [0.05, 0.1) is 17.6 Å². The van der Waals surface area contributed by atoms with Crippen LogP contribution >= 0.6 is 23.2 Å². The molecule has 0 spiro atoms. The second-order valence-corrected chi connectivity index (χ2v) is 8.81. The highest BCUT2D eigenvalue weighted by Crippen LogP contribution is 2.37. The van der Waals surface area contributed by atoms with Crippen LogP contribution in [0.4, 0.5) is 4.39 Å². The number of fused-ring (bicyclic) bond motifs is 3. The second-order valence-electron chi connectivity index (χ2n) is 7.97. The van der Waals surface area contributed by atoms with E-state index in [1.807, 2.05) is 34.9 Å². The molecule has 163 valence electrons. The molecule has 4 aromatic carbocycles. The maximum atomic E-state index is 14.9. The van der Waals surface area contributed by atoms with Gasteiger partial charge in [0, 0.05) is 37.5 Å². The molecular formula is C27H18Cl2FN2O. The minimum Gasteiger partial charge on any atom is -0.366 e. The Hall–Kier alpha value is -3.34. The van der Waals surface area contributed by atoms with Crippen LogP contribution in [-0.2, 0) is 6.54 Å². The van der Waals surface area contributed by atoms with E-state index >= 15 is 0 Å². The number of aromatic nitrogens is 1. The summed E-state index contributed by atoms with van der Waals surface area (Å²) in [6.45, 7) is 2.02. The van der Waals surface area contributed by atoms with Crippen LogP contribution in [0, 0.1) is 18.8 Å². The van der Waals surface area contributed by atoms with E-state index in [0.717, 1.165) is 27.5 Å². The Labute approximate surface area is 200 Å². The lowest BCUT2D eigenvalue weighted by Gasteiger charge is -2.11. The summed E-state index contributed by atoms with van der Waals surface area (Å²) < 4.78 is 16.9. The van der Waals surface area contributed by atoms with Gasteiger partial charge < -0.3 is 10.3 Å². The number of nitrogens with zero attached hydrogens (tertiary/aromatic N) is 1. The van der Waals surface area contributed by atoms with Gasteiger partial charge in [-0.15, -0.1) is 0 Å². The van der Waals surface area contributed by atoms with Crippen molar-refractivity contribution in [2.24, 2.45) is 5.73 Å². The fourth-order valence-corrected chi connectivity index (χ4v) is 4.83. The molecule has 0 aliphatic carbocycles. The number of aryl methyl sites for hydroxylation is 1. The minimum absolute atomic E-state index is 0.251. The first kappa shape index (κ1) is 21.5. The molecule has 0 atom stereocenters. The highest BCUT2D eigenvalue weighted by Gasteiger charge is 2.19. The third-order valence-corrected chi connectivity index (χ3v) is 6.45. The zero-order chi connectivity index (χ0) is 23.3. The maximum absolute atomic E-state index is 14.9. The SMILES string of the molecule is Cc1cccc(Cn2c3cc(-c4ccc(Cl)cc4Cl)c[c]c3c3c(C(N)=O)cccc32)c1F. The number of amides is 1. The molecule has 3 nitrogen and oxygen atoms in total. The lowest BCUT2D eigenvalue weighted by molar-refractivity contribution is 0.100. The predicted octanol–water partition coefficient (Wildman–Crippen LogP) is 7.16. The van der Waals surface area contributed by atoms with Crippen molar-refractivity contribution in [2.75, 3.05) is 0 Å². The number of hydrogen-bond donors (Lipinski definition) is 1. The average molecular weight is 476 g/mol. The van der Waals surface area contributed by atoms with Crippen LogP contribution in [0.15, 0.2) is 66.7 Å². The molecular weight excluding hydrogens is 458 g/mol. The predicted molar refractivity (Wildman–Crippen MR) is 132 cm³/mol. The average Bonchev–Trinajstić information content (AvgIpc) is 3.10. The van der Waals surface area contributed by atoms with Gasteiger partial charge in [-0.05, 0) is 60.5 Å². The van der Waals surface area contributed by atoms with E-state index < -0.39 is 5.91 Å². The zero-order valence-corrected chi connectivity index (χ0v) is 19.1. The number of benzene rings is 4. The fourth-order valence-electron chi connectivity index (χ4n) is 4.31. The smallest absolute Gasteiger partial charge is 0.249 e. The Kier molecular flexibility index (Phi) is 5.35. The number of rotatable bonds is 4. The van der Waals surface area contributed by atoms with Crippen molar-refractivity contribution in [1.29, 1.82) is 0 Å². The number of halogens is 3. The molecule has 0 unspecified atom stereocenters.